The van der Waals surface area contributed by atoms with Crippen molar-refractivity contribution >= 4 is 11.2 Å². The van der Waals surface area contributed by atoms with Crippen LogP contribution in [0.4, 0.5) is 0 Å². The molecule has 0 saturated heterocycles. The number of benzene rings is 1. The van der Waals surface area contributed by atoms with Gasteiger partial charge in [-0.1, -0.05) is 37.6 Å². The van der Waals surface area contributed by atoms with E-state index in [-0.39, 0.29) is 23.7 Å². The molecule has 168 valence electrons. The fraction of sp³-hybridized carbons (Fsp3) is 0.417. The Balaban J connectivity index is 2.03. The van der Waals surface area contributed by atoms with E-state index in [0.29, 0.717) is 23.7 Å². The summed E-state index contributed by atoms with van der Waals surface area (Å²) in [4.78, 5) is 31.6. The molecule has 0 amide bonds. The molecule has 8 heteroatoms. The molecule has 3 aromatic heterocycles. The van der Waals surface area contributed by atoms with Crippen LogP contribution in [0.5, 0.6) is 0 Å². The third-order valence-electron chi connectivity index (χ3n) is 5.79. The minimum atomic E-state index is -0.377. The van der Waals surface area contributed by atoms with Gasteiger partial charge in [-0.15, -0.1) is 0 Å². The summed E-state index contributed by atoms with van der Waals surface area (Å²) in [7, 11) is 1.67. The second kappa shape index (κ2) is 7.93. The number of aromatic nitrogens is 6. The average Bonchev–Trinajstić information content (AvgIpc) is 3.25. The minimum absolute atomic E-state index is 0.219. The van der Waals surface area contributed by atoms with E-state index in [1.807, 2.05) is 56.5 Å². The zero-order valence-corrected chi connectivity index (χ0v) is 19.8. The molecule has 0 saturated carbocycles. The number of hydrogen-bond donors (Lipinski definition) is 0. The zero-order chi connectivity index (χ0) is 23.3. The fourth-order valence-electron chi connectivity index (χ4n) is 4.17. The molecule has 0 spiro atoms. The van der Waals surface area contributed by atoms with Gasteiger partial charge in [0.2, 0.25) is 5.95 Å². The maximum atomic E-state index is 13.7. The smallest absolute Gasteiger partial charge is 0.302 e. The molecular weight excluding hydrogens is 404 g/mol. The van der Waals surface area contributed by atoms with Crippen molar-refractivity contribution in [1.82, 2.24) is 28.5 Å². The highest BCUT2D eigenvalue weighted by atomic mass is 16.2. The number of rotatable bonds is 5. The molecule has 1 aromatic carbocycles. The predicted octanol–water partition coefficient (Wildman–Crippen LogP) is 3.02. The maximum absolute atomic E-state index is 13.7. The van der Waals surface area contributed by atoms with Crippen molar-refractivity contribution < 1.29 is 0 Å². The van der Waals surface area contributed by atoms with E-state index in [0.717, 1.165) is 28.1 Å². The first-order valence-electron chi connectivity index (χ1n) is 10.9. The van der Waals surface area contributed by atoms with E-state index in [1.54, 1.807) is 11.7 Å². The van der Waals surface area contributed by atoms with Crippen LogP contribution < -0.4 is 11.2 Å². The van der Waals surface area contributed by atoms with Crippen LogP contribution >= 0.6 is 0 Å². The van der Waals surface area contributed by atoms with Crippen molar-refractivity contribution in [2.75, 3.05) is 0 Å². The number of fused-ring (bicyclic) bond motifs is 1. The molecule has 8 nitrogen and oxygen atoms in total. The highest BCUT2D eigenvalue weighted by Crippen LogP contribution is 2.19. The largest absolute Gasteiger partial charge is 0.332 e. The van der Waals surface area contributed by atoms with Gasteiger partial charge in [-0.25, -0.2) is 9.48 Å². The van der Waals surface area contributed by atoms with E-state index in [1.165, 1.54) is 9.13 Å². The van der Waals surface area contributed by atoms with Crippen LogP contribution in [-0.2, 0) is 20.1 Å². The van der Waals surface area contributed by atoms with Crippen LogP contribution in [0.15, 0.2) is 33.9 Å². The van der Waals surface area contributed by atoms with Gasteiger partial charge in [0.25, 0.3) is 5.56 Å². The van der Waals surface area contributed by atoms with Gasteiger partial charge in [0.15, 0.2) is 11.2 Å². The van der Waals surface area contributed by atoms with Crippen molar-refractivity contribution in [2.24, 2.45) is 13.0 Å². The lowest BCUT2D eigenvalue weighted by atomic mass is 10.1. The maximum Gasteiger partial charge on any atom is 0.332 e. The monoisotopic (exact) mass is 434 g/mol. The van der Waals surface area contributed by atoms with Crippen LogP contribution in [0.2, 0.25) is 0 Å². The molecule has 0 unspecified atom stereocenters. The van der Waals surface area contributed by atoms with Crippen molar-refractivity contribution in [1.29, 1.82) is 0 Å². The summed E-state index contributed by atoms with van der Waals surface area (Å²) in [6.45, 7) is 12.9. The first-order chi connectivity index (χ1) is 15.1. The highest BCUT2D eigenvalue weighted by Gasteiger charge is 2.23. The van der Waals surface area contributed by atoms with E-state index in [4.69, 9.17) is 4.98 Å². The third-order valence-corrected chi connectivity index (χ3v) is 5.79. The zero-order valence-electron chi connectivity index (χ0n) is 19.8. The van der Waals surface area contributed by atoms with E-state index in [2.05, 4.69) is 18.9 Å². The highest BCUT2D eigenvalue weighted by molar-refractivity contribution is 5.72. The third kappa shape index (κ3) is 3.59. The summed E-state index contributed by atoms with van der Waals surface area (Å²) in [5, 5.41) is 4.57. The summed E-state index contributed by atoms with van der Waals surface area (Å²) >= 11 is 0. The molecule has 0 fully saturated rings. The molecule has 0 aliphatic heterocycles. The van der Waals surface area contributed by atoms with E-state index < -0.39 is 0 Å². The molecule has 0 bridgehead atoms. The Morgan fingerprint density at radius 2 is 1.72 bits per heavy atom. The van der Waals surface area contributed by atoms with Crippen molar-refractivity contribution in [2.45, 2.75) is 54.6 Å². The standard InChI is InChI=1S/C24H30N6O2/c1-14(2)12-28-20-21(25-23(28)30-18(6)11-17(5)26-30)27(7)24(32)29(22(20)31)13-19-10-15(3)8-9-16(19)4/h8-11,14H,12-13H2,1-7H3. The number of hydrogen-bond acceptors (Lipinski definition) is 4. The first-order valence-corrected chi connectivity index (χ1v) is 10.9. The fourth-order valence-corrected chi connectivity index (χ4v) is 4.17. The molecule has 0 radical (unpaired) electrons. The normalized spacial score (nSPS) is 11.8. The Hall–Kier alpha value is -3.42. The van der Waals surface area contributed by atoms with E-state index >= 15 is 0 Å². The van der Waals surface area contributed by atoms with Gasteiger partial charge >= 0.3 is 5.69 Å². The van der Waals surface area contributed by atoms with Crippen LogP contribution in [0.3, 0.4) is 0 Å². The summed E-state index contributed by atoms with van der Waals surface area (Å²) in [5.41, 5.74) is 4.97. The molecule has 4 aromatic rings. The Labute approximate surface area is 186 Å². The number of aryl methyl sites for hydroxylation is 5. The molecule has 0 N–H and O–H groups in total. The lowest BCUT2D eigenvalue weighted by Crippen LogP contribution is -2.40. The quantitative estimate of drug-likeness (QED) is 0.484. The average molecular weight is 435 g/mol. The van der Waals surface area contributed by atoms with Gasteiger partial charge in [0.05, 0.1) is 12.2 Å². The van der Waals surface area contributed by atoms with Gasteiger partial charge in [-0.3, -0.25) is 13.9 Å². The predicted molar refractivity (Wildman–Crippen MR) is 126 cm³/mol. The second-order valence-electron chi connectivity index (χ2n) is 9.09. The summed E-state index contributed by atoms with van der Waals surface area (Å²) in [6.07, 6.45) is 0. The SMILES string of the molecule is Cc1ccc(C)c(Cn2c(=O)c3c(nc(-n4nc(C)cc4C)n3CC(C)C)n(C)c2=O)c1. The summed E-state index contributed by atoms with van der Waals surface area (Å²) in [6, 6.07) is 8.04. The van der Waals surface area contributed by atoms with Gasteiger partial charge in [0.1, 0.15) is 0 Å². The molecule has 0 aliphatic carbocycles. The summed E-state index contributed by atoms with van der Waals surface area (Å²) in [5.74, 6) is 0.822. The second-order valence-corrected chi connectivity index (χ2v) is 9.09. The molecule has 3 heterocycles. The van der Waals surface area contributed by atoms with Gasteiger partial charge in [-0.2, -0.15) is 10.1 Å². The lowest BCUT2D eigenvalue weighted by Gasteiger charge is -2.14. The van der Waals surface area contributed by atoms with Crippen LogP contribution in [0.1, 0.15) is 41.9 Å². The molecule has 0 atom stereocenters. The molecule has 4 rings (SSSR count). The van der Waals surface area contributed by atoms with Crippen LogP contribution in [-0.4, -0.2) is 28.5 Å². The van der Waals surface area contributed by atoms with Gasteiger partial charge < -0.3 is 4.57 Å². The first kappa shape index (κ1) is 21.8. The Morgan fingerprint density at radius 3 is 2.34 bits per heavy atom. The van der Waals surface area contributed by atoms with Crippen molar-refractivity contribution in [3.8, 4) is 5.95 Å². The Bertz CT molecular complexity index is 1450. The molecule has 0 aliphatic rings. The molecule has 32 heavy (non-hydrogen) atoms. The van der Waals surface area contributed by atoms with Gasteiger partial charge in [0, 0.05) is 19.3 Å². The topological polar surface area (TPSA) is 79.6 Å². The minimum Gasteiger partial charge on any atom is -0.302 e. The summed E-state index contributed by atoms with van der Waals surface area (Å²) < 4.78 is 6.43. The number of imidazole rings is 1. The van der Waals surface area contributed by atoms with Gasteiger partial charge in [-0.05, 0) is 50.8 Å². The Morgan fingerprint density at radius 1 is 1.00 bits per heavy atom. The van der Waals surface area contributed by atoms with Crippen LogP contribution in [0.25, 0.3) is 17.1 Å². The van der Waals surface area contributed by atoms with Crippen molar-refractivity contribution in [3.05, 3.63) is 73.2 Å². The Kier molecular flexibility index (Phi) is 5.40. The van der Waals surface area contributed by atoms with Crippen LogP contribution in [0, 0.1) is 33.6 Å². The van der Waals surface area contributed by atoms with Crippen molar-refractivity contribution in [3.63, 3.8) is 0 Å². The molecular formula is C24H30N6O2. The lowest BCUT2D eigenvalue weighted by molar-refractivity contribution is 0.516. The number of nitrogens with zero attached hydrogens (tertiary/aromatic N) is 6. The van der Waals surface area contributed by atoms with E-state index in [9.17, 15) is 9.59 Å².